The highest BCUT2D eigenvalue weighted by Crippen LogP contribution is 2.32. The van der Waals surface area contributed by atoms with Gasteiger partial charge < -0.3 is 9.47 Å². The maximum Gasteiger partial charge on any atom is 0.210 e. The maximum absolute atomic E-state index is 13.1. The standard InChI is InChI=1S/C23H21N3O5S/c1-30-18-6-10-22(21(12-18)31-2)32(28,29)19-7-3-15(4-8-19)5-9-20(27)16-11-17-14-25-26-23(17)24-13-16/h3-4,6-8,10-14H,5,9H2,1-2H3,(H,24,25,26). The molecular formula is C23H21N3O5S. The number of aromatic amines is 1. The van der Waals surface area contributed by atoms with Crippen LogP contribution in [0, 0.1) is 0 Å². The average molecular weight is 452 g/mol. The zero-order valence-electron chi connectivity index (χ0n) is 17.5. The third-order valence-electron chi connectivity index (χ3n) is 5.15. The Morgan fingerprint density at radius 3 is 2.50 bits per heavy atom. The van der Waals surface area contributed by atoms with Gasteiger partial charge >= 0.3 is 0 Å². The number of carbonyl (C=O) groups excluding carboxylic acids is 1. The lowest BCUT2D eigenvalue weighted by Gasteiger charge is -2.11. The minimum absolute atomic E-state index is 0.0414. The summed E-state index contributed by atoms with van der Waals surface area (Å²) in [5.74, 6) is 0.672. The predicted octanol–water partition coefficient (Wildman–Crippen LogP) is 3.62. The molecule has 2 heterocycles. The molecule has 32 heavy (non-hydrogen) atoms. The van der Waals surface area contributed by atoms with Crippen molar-refractivity contribution in [1.29, 1.82) is 0 Å². The maximum atomic E-state index is 13.1. The highest BCUT2D eigenvalue weighted by molar-refractivity contribution is 7.91. The number of rotatable bonds is 8. The van der Waals surface area contributed by atoms with E-state index in [9.17, 15) is 13.2 Å². The van der Waals surface area contributed by atoms with E-state index in [4.69, 9.17) is 9.47 Å². The van der Waals surface area contributed by atoms with Crippen LogP contribution < -0.4 is 9.47 Å². The van der Waals surface area contributed by atoms with Crippen LogP contribution >= 0.6 is 0 Å². The predicted molar refractivity (Wildman–Crippen MR) is 118 cm³/mol. The SMILES string of the molecule is COc1ccc(S(=O)(=O)c2ccc(CCC(=O)c3cnc4[nH]ncc4c3)cc2)c(OC)c1. The zero-order chi connectivity index (χ0) is 22.7. The van der Waals surface area contributed by atoms with E-state index in [1.807, 2.05) is 0 Å². The Morgan fingerprint density at radius 2 is 1.78 bits per heavy atom. The number of carbonyl (C=O) groups is 1. The van der Waals surface area contributed by atoms with E-state index < -0.39 is 9.84 Å². The molecule has 4 aromatic rings. The molecule has 0 saturated carbocycles. The molecule has 2 aromatic heterocycles. The van der Waals surface area contributed by atoms with E-state index in [1.165, 1.54) is 44.7 Å². The van der Waals surface area contributed by atoms with Crippen LogP contribution in [-0.4, -0.2) is 43.6 Å². The van der Waals surface area contributed by atoms with Crippen molar-refractivity contribution < 1.29 is 22.7 Å². The Balaban J connectivity index is 1.48. The Morgan fingerprint density at radius 1 is 1.00 bits per heavy atom. The van der Waals surface area contributed by atoms with Crippen LogP contribution in [0.5, 0.6) is 11.5 Å². The molecule has 0 aliphatic rings. The summed E-state index contributed by atoms with van der Waals surface area (Å²) in [7, 11) is -0.868. The molecule has 2 aromatic carbocycles. The van der Waals surface area contributed by atoms with Crippen LogP contribution in [0.25, 0.3) is 11.0 Å². The van der Waals surface area contributed by atoms with Gasteiger partial charge in [0.2, 0.25) is 9.84 Å². The summed E-state index contributed by atoms with van der Waals surface area (Å²) in [4.78, 5) is 16.9. The summed E-state index contributed by atoms with van der Waals surface area (Å²) in [5, 5.41) is 7.43. The number of ketones is 1. The van der Waals surface area contributed by atoms with E-state index >= 15 is 0 Å². The van der Waals surface area contributed by atoms with Gasteiger partial charge in [-0.05, 0) is 42.3 Å². The molecule has 9 heteroatoms. The first kappa shape index (κ1) is 21.5. The lowest BCUT2D eigenvalue weighted by atomic mass is 10.0. The fourth-order valence-corrected chi connectivity index (χ4v) is 4.75. The van der Waals surface area contributed by atoms with Crippen molar-refractivity contribution in [2.24, 2.45) is 0 Å². The van der Waals surface area contributed by atoms with Gasteiger partial charge in [-0.1, -0.05) is 12.1 Å². The lowest BCUT2D eigenvalue weighted by Crippen LogP contribution is -2.05. The largest absolute Gasteiger partial charge is 0.497 e. The smallest absolute Gasteiger partial charge is 0.210 e. The number of aromatic nitrogens is 3. The Kier molecular flexibility index (Phi) is 5.91. The summed E-state index contributed by atoms with van der Waals surface area (Å²) < 4.78 is 36.5. The van der Waals surface area contributed by atoms with E-state index in [-0.39, 0.29) is 27.7 Å². The second-order valence-corrected chi connectivity index (χ2v) is 9.04. The van der Waals surface area contributed by atoms with Crippen molar-refractivity contribution in [3.05, 3.63) is 72.1 Å². The van der Waals surface area contributed by atoms with E-state index in [0.29, 0.717) is 23.4 Å². The van der Waals surface area contributed by atoms with E-state index in [2.05, 4.69) is 15.2 Å². The van der Waals surface area contributed by atoms with Gasteiger partial charge in [-0.15, -0.1) is 0 Å². The zero-order valence-corrected chi connectivity index (χ0v) is 18.3. The topological polar surface area (TPSA) is 111 Å². The molecule has 1 N–H and O–H groups in total. The molecule has 0 aliphatic carbocycles. The van der Waals surface area contributed by atoms with E-state index in [1.54, 1.807) is 30.5 Å². The monoisotopic (exact) mass is 451 g/mol. The molecule has 0 amide bonds. The molecule has 0 spiro atoms. The van der Waals surface area contributed by atoms with Crippen molar-refractivity contribution in [2.45, 2.75) is 22.6 Å². The molecule has 0 bridgehead atoms. The number of ether oxygens (including phenoxy) is 2. The third-order valence-corrected chi connectivity index (χ3v) is 6.96. The molecule has 4 rings (SSSR count). The Bertz CT molecular complexity index is 1380. The van der Waals surface area contributed by atoms with Crippen molar-refractivity contribution in [2.75, 3.05) is 14.2 Å². The molecule has 0 aliphatic heterocycles. The number of fused-ring (bicyclic) bond motifs is 1. The molecule has 8 nitrogen and oxygen atoms in total. The second kappa shape index (κ2) is 8.80. The minimum Gasteiger partial charge on any atom is -0.497 e. The van der Waals surface area contributed by atoms with Crippen LogP contribution in [-0.2, 0) is 16.3 Å². The Hall–Kier alpha value is -3.72. The number of Topliss-reactive ketones (excluding diaryl/α,β-unsaturated/α-hetero) is 1. The van der Waals surface area contributed by atoms with Gasteiger partial charge in [0.25, 0.3) is 0 Å². The summed E-state index contributed by atoms with van der Waals surface area (Å²) in [5.41, 5.74) is 2.01. The highest BCUT2D eigenvalue weighted by Gasteiger charge is 2.22. The number of methoxy groups -OCH3 is 2. The number of aryl methyl sites for hydroxylation is 1. The minimum atomic E-state index is -3.78. The number of hydrogen-bond donors (Lipinski definition) is 1. The summed E-state index contributed by atoms with van der Waals surface area (Å²) in [6.07, 6.45) is 3.91. The molecule has 0 atom stereocenters. The average Bonchev–Trinajstić information content (AvgIpc) is 3.30. The molecular weight excluding hydrogens is 430 g/mol. The van der Waals surface area contributed by atoms with Gasteiger partial charge in [-0.2, -0.15) is 5.10 Å². The first-order valence-corrected chi connectivity index (χ1v) is 11.3. The van der Waals surface area contributed by atoms with Crippen molar-refractivity contribution >= 4 is 26.7 Å². The quantitative estimate of drug-likeness (QED) is 0.407. The van der Waals surface area contributed by atoms with Crippen molar-refractivity contribution in [3.8, 4) is 11.5 Å². The van der Waals surface area contributed by atoms with Crippen molar-refractivity contribution in [1.82, 2.24) is 15.2 Å². The normalized spacial score (nSPS) is 11.4. The van der Waals surface area contributed by atoms with Crippen molar-refractivity contribution in [3.63, 3.8) is 0 Å². The molecule has 164 valence electrons. The van der Waals surface area contributed by atoms with Crippen LogP contribution in [0.2, 0.25) is 0 Å². The van der Waals surface area contributed by atoms with Crippen LogP contribution in [0.15, 0.2) is 70.7 Å². The Labute approximate surface area is 185 Å². The summed E-state index contributed by atoms with van der Waals surface area (Å²) in [6, 6.07) is 12.8. The molecule has 0 radical (unpaired) electrons. The molecule has 0 unspecified atom stereocenters. The lowest BCUT2D eigenvalue weighted by molar-refractivity contribution is 0.0982. The number of sulfone groups is 1. The first-order chi connectivity index (χ1) is 15.4. The van der Waals surface area contributed by atoms with Gasteiger partial charge in [-0.25, -0.2) is 13.4 Å². The first-order valence-electron chi connectivity index (χ1n) is 9.81. The van der Waals surface area contributed by atoms with Crippen LogP contribution in [0.4, 0.5) is 0 Å². The van der Waals surface area contributed by atoms with Gasteiger partial charge in [0.05, 0.1) is 25.3 Å². The second-order valence-electron chi connectivity index (χ2n) is 7.12. The number of nitrogens with zero attached hydrogens (tertiary/aromatic N) is 2. The van der Waals surface area contributed by atoms with Gasteiger partial charge in [-0.3, -0.25) is 9.89 Å². The third kappa shape index (κ3) is 4.19. The van der Waals surface area contributed by atoms with Gasteiger partial charge in [0, 0.05) is 29.6 Å². The summed E-state index contributed by atoms with van der Waals surface area (Å²) in [6.45, 7) is 0. The van der Waals surface area contributed by atoms with E-state index in [0.717, 1.165) is 10.9 Å². The number of H-pyrrole nitrogens is 1. The van der Waals surface area contributed by atoms with Crippen LogP contribution in [0.3, 0.4) is 0 Å². The fraction of sp³-hybridized carbons (Fsp3) is 0.174. The van der Waals surface area contributed by atoms with Crippen LogP contribution in [0.1, 0.15) is 22.3 Å². The van der Waals surface area contributed by atoms with Gasteiger partial charge in [0.1, 0.15) is 16.4 Å². The summed E-state index contributed by atoms with van der Waals surface area (Å²) >= 11 is 0. The number of hydrogen-bond acceptors (Lipinski definition) is 7. The number of benzene rings is 2. The highest BCUT2D eigenvalue weighted by atomic mass is 32.2. The fourth-order valence-electron chi connectivity index (χ4n) is 3.35. The van der Waals surface area contributed by atoms with Gasteiger partial charge in [0.15, 0.2) is 11.4 Å². The number of nitrogens with one attached hydrogen (secondary N) is 1. The molecule has 0 fully saturated rings. The molecule has 0 saturated heterocycles. The number of pyridine rings is 1.